The Morgan fingerprint density at radius 3 is 3.14 bits per heavy atom. The molecule has 2 aromatic rings. The quantitative estimate of drug-likeness (QED) is 0.757. The van der Waals surface area contributed by atoms with Crippen LogP contribution < -0.4 is 5.32 Å². The van der Waals surface area contributed by atoms with Gasteiger partial charge in [-0.15, -0.1) is 0 Å². The van der Waals surface area contributed by atoms with E-state index in [4.69, 9.17) is 9.15 Å². The lowest BCUT2D eigenvalue weighted by Crippen LogP contribution is -2.02. The van der Waals surface area contributed by atoms with Gasteiger partial charge in [-0.1, -0.05) is 0 Å². The van der Waals surface area contributed by atoms with E-state index in [9.17, 15) is 0 Å². The van der Waals surface area contributed by atoms with Crippen LogP contribution in [0, 0.1) is 6.92 Å². The molecule has 1 heterocycles. The van der Waals surface area contributed by atoms with Gasteiger partial charge < -0.3 is 14.5 Å². The zero-order chi connectivity index (χ0) is 9.97. The van der Waals surface area contributed by atoms with E-state index in [0.29, 0.717) is 12.6 Å². The van der Waals surface area contributed by atoms with Crippen molar-refractivity contribution < 1.29 is 9.15 Å². The number of fused-ring (bicyclic) bond motifs is 1. The molecule has 14 heavy (non-hydrogen) atoms. The fraction of sp³-hybridized carbons (Fsp3) is 0.300. The third-order valence-corrected chi connectivity index (χ3v) is 1.92. The van der Waals surface area contributed by atoms with Crippen molar-refractivity contribution in [2.45, 2.75) is 6.92 Å². The van der Waals surface area contributed by atoms with Gasteiger partial charge in [0.2, 0.25) is 0 Å². The van der Waals surface area contributed by atoms with Gasteiger partial charge in [-0.25, -0.2) is 4.98 Å². The van der Waals surface area contributed by atoms with Gasteiger partial charge in [0.25, 0.3) is 0 Å². The summed E-state index contributed by atoms with van der Waals surface area (Å²) in [5, 5.41) is 3.09. The molecule has 0 radical (unpaired) electrons. The number of aromatic nitrogens is 1. The maximum Gasteiger partial charge on any atom is 0.192 e. The Bertz CT molecular complexity index is 437. The second-order valence-corrected chi connectivity index (χ2v) is 3.03. The first-order chi connectivity index (χ1) is 6.79. The molecular formula is C10H12N2O2. The van der Waals surface area contributed by atoms with E-state index in [1.54, 1.807) is 7.11 Å². The van der Waals surface area contributed by atoms with E-state index in [2.05, 4.69) is 10.3 Å². The Morgan fingerprint density at radius 1 is 1.50 bits per heavy atom. The summed E-state index contributed by atoms with van der Waals surface area (Å²) < 4.78 is 10.3. The highest BCUT2D eigenvalue weighted by Gasteiger charge is 2.02. The number of rotatable bonds is 3. The molecule has 74 valence electrons. The molecule has 0 aliphatic heterocycles. The summed E-state index contributed by atoms with van der Waals surface area (Å²) in [4.78, 5) is 4.23. The second kappa shape index (κ2) is 3.67. The number of hydrogen-bond acceptors (Lipinski definition) is 4. The summed E-state index contributed by atoms with van der Waals surface area (Å²) in [5.74, 6) is 0.684. The fourth-order valence-electron chi connectivity index (χ4n) is 1.31. The van der Waals surface area contributed by atoms with Crippen LogP contribution in [0.3, 0.4) is 0 Å². The monoisotopic (exact) mass is 192 g/mol. The minimum absolute atomic E-state index is 0.488. The number of ether oxygens (including phenoxy) is 1. The van der Waals surface area contributed by atoms with Crippen LogP contribution in [0.5, 0.6) is 0 Å². The molecule has 4 heteroatoms. The van der Waals surface area contributed by atoms with Crippen molar-refractivity contribution in [2.75, 3.05) is 19.2 Å². The summed E-state index contributed by atoms with van der Waals surface area (Å²) in [6, 6.07) is 5.77. The number of oxazole rings is 1. The van der Waals surface area contributed by atoms with Crippen LogP contribution >= 0.6 is 0 Å². The Hall–Kier alpha value is -1.55. The van der Waals surface area contributed by atoms with Gasteiger partial charge in [0.15, 0.2) is 11.5 Å². The first-order valence-electron chi connectivity index (χ1n) is 4.39. The average molecular weight is 192 g/mol. The fourth-order valence-corrected chi connectivity index (χ4v) is 1.31. The van der Waals surface area contributed by atoms with Crippen LogP contribution in [0.15, 0.2) is 22.6 Å². The first-order valence-corrected chi connectivity index (χ1v) is 4.39. The van der Waals surface area contributed by atoms with Gasteiger partial charge in [0, 0.05) is 19.7 Å². The third kappa shape index (κ3) is 1.70. The van der Waals surface area contributed by atoms with Crippen molar-refractivity contribution in [1.82, 2.24) is 4.98 Å². The molecule has 0 atom stereocenters. The lowest BCUT2D eigenvalue weighted by Gasteiger charge is -2.03. The first kappa shape index (κ1) is 9.02. The molecule has 0 aliphatic rings. The predicted octanol–water partition coefficient (Wildman–Crippen LogP) is 2.15. The highest BCUT2D eigenvalue weighted by atomic mass is 16.5. The topological polar surface area (TPSA) is 47.3 Å². The maximum absolute atomic E-state index is 5.36. The maximum atomic E-state index is 5.36. The number of benzene rings is 1. The molecule has 0 amide bonds. The molecule has 0 aliphatic carbocycles. The van der Waals surface area contributed by atoms with Gasteiger partial charge in [-0.05, 0) is 18.2 Å². The number of anilines is 1. The van der Waals surface area contributed by atoms with E-state index in [1.165, 1.54) is 0 Å². The Kier molecular flexibility index (Phi) is 2.37. The number of hydrogen-bond donors (Lipinski definition) is 1. The summed E-state index contributed by atoms with van der Waals surface area (Å²) in [7, 11) is 1.64. The Balaban J connectivity index is 2.31. The SMILES string of the molecule is COCNc1ccc2oc(C)nc2c1. The van der Waals surface area contributed by atoms with Gasteiger partial charge in [0.1, 0.15) is 12.2 Å². The van der Waals surface area contributed by atoms with E-state index < -0.39 is 0 Å². The molecule has 0 saturated heterocycles. The molecule has 1 aromatic heterocycles. The van der Waals surface area contributed by atoms with Crippen molar-refractivity contribution >= 4 is 16.8 Å². The number of nitrogens with zero attached hydrogens (tertiary/aromatic N) is 1. The standard InChI is InChI=1S/C10H12N2O2/c1-7-12-9-5-8(11-6-13-2)3-4-10(9)14-7/h3-5,11H,6H2,1-2H3. The molecule has 2 rings (SSSR count). The van der Waals surface area contributed by atoms with Crippen LogP contribution in [-0.2, 0) is 4.74 Å². The number of nitrogens with one attached hydrogen (secondary N) is 1. The predicted molar refractivity (Wildman–Crippen MR) is 54.2 cm³/mol. The Labute approximate surface area is 81.9 Å². The van der Waals surface area contributed by atoms with Crippen molar-refractivity contribution in [3.63, 3.8) is 0 Å². The minimum Gasteiger partial charge on any atom is -0.441 e. The van der Waals surface area contributed by atoms with E-state index in [1.807, 2.05) is 25.1 Å². The smallest absolute Gasteiger partial charge is 0.192 e. The molecular weight excluding hydrogens is 180 g/mol. The lowest BCUT2D eigenvalue weighted by atomic mass is 10.3. The van der Waals surface area contributed by atoms with E-state index >= 15 is 0 Å². The largest absolute Gasteiger partial charge is 0.441 e. The molecule has 1 N–H and O–H groups in total. The molecule has 0 saturated carbocycles. The van der Waals surface area contributed by atoms with Crippen molar-refractivity contribution in [2.24, 2.45) is 0 Å². The summed E-state index contributed by atoms with van der Waals surface area (Å²) >= 11 is 0. The number of methoxy groups -OCH3 is 1. The van der Waals surface area contributed by atoms with Crippen LogP contribution in [0.4, 0.5) is 5.69 Å². The molecule has 0 bridgehead atoms. The average Bonchev–Trinajstić information content (AvgIpc) is 2.54. The summed E-state index contributed by atoms with van der Waals surface area (Å²) in [6.45, 7) is 2.32. The Morgan fingerprint density at radius 2 is 2.36 bits per heavy atom. The van der Waals surface area contributed by atoms with Crippen molar-refractivity contribution in [3.05, 3.63) is 24.1 Å². The molecule has 1 aromatic carbocycles. The van der Waals surface area contributed by atoms with Gasteiger partial charge in [0.05, 0.1) is 0 Å². The molecule has 0 spiro atoms. The normalized spacial score (nSPS) is 10.7. The van der Waals surface area contributed by atoms with Gasteiger partial charge in [-0.2, -0.15) is 0 Å². The van der Waals surface area contributed by atoms with Crippen LogP contribution in [0.2, 0.25) is 0 Å². The summed E-state index contributed by atoms with van der Waals surface area (Å²) in [5.41, 5.74) is 2.65. The molecule has 0 fully saturated rings. The van der Waals surface area contributed by atoms with Crippen molar-refractivity contribution in [1.29, 1.82) is 0 Å². The highest BCUT2D eigenvalue weighted by molar-refractivity contribution is 5.77. The van der Waals surface area contributed by atoms with Crippen LogP contribution in [-0.4, -0.2) is 18.8 Å². The zero-order valence-corrected chi connectivity index (χ0v) is 8.20. The lowest BCUT2D eigenvalue weighted by molar-refractivity contribution is 0.221. The van der Waals surface area contributed by atoms with Gasteiger partial charge in [-0.3, -0.25) is 0 Å². The van der Waals surface area contributed by atoms with Crippen LogP contribution in [0.25, 0.3) is 11.1 Å². The van der Waals surface area contributed by atoms with E-state index in [0.717, 1.165) is 16.8 Å². The molecule has 0 unspecified atom stereocenters. The summed E-state index contributed by atoms with van der Waals surface area (Å²) in [6.07, 6.45) is 0. The van der Waals surface area contributed by atoms with Crippen LogP contribution in [0.1, 0.15) is 5.89 Å². The van der Waals surface area contributed by atoms with Gasteiger partial charge >= 0.3 is 0 Å². The van der Waals surface area contributed by atoms with E-state index in [-0.39, 0.29) is 0 Å². The molecule has 4 nitrogen and oxygen atoms in total. The zero-order valence-electron chi connectivity index (χ0n) is 8.20. The minimum atomic E-state index is 0.488. The third-order valence-electron chi connectivity index (χ3n) is 1.92. The highest BCUT2D eigenvalue weighted by Crippen LogP contribution is 2.19. The van der Waals surface area contributed by atoms with Crippen molar-refractivity contribution in [3.8, 4) is 0 Å². The number of aryl methyl sites for hydroxylation is 1. The second-order valence-electron chi connectivity index (χ2n) is 3.03.